The Hall–Kier alpha value is -0.940. The molecule has 6 atom stereocenters. The van der Waals surface area contributed by atoms with Gasteiger partial charge >= 0.3 is 0 Å². The van der Waals surface area contributed by atoms with Gasteiger partial charge in [-0.25, -0.2) is 0 Å². The standard InChI is InChI=1S/C30H50O4/c1-7-30(33,8-2)16-10-18-34-22(4)26-14-17-28(5)24(11-9-15-29(26,28)6)13-12-23-19-25(31)20-27(32)21(23)3/h12-13,22,25-27,31-33H,3,7-11,14-20H2,1-2,4-6H3/b23-12+,24-13-/t22-,25-,26?,27+,28+,29-/m1/s1. The molecule has 3 saturated carbocycles. The van der Waals surface area contributed by atoms with Crippen LogP contribution >= 0.6 is 0 Å². The third-order valence-corrected chi connectivity index (χ3v) is 10.2. The molecule has 3 aliphatic rings. The highest BCUT2D eigenvalue weighted by molar-refractivity contribution is 5.39. The number of aliphatic hydroxyl groups is 3. The lowest BCUT2D eigenvalue weighted by Gasteiger charge is -2.51. The Labute approximate surface area is 208 Å². The van der Waals surface area contributed by atoms with Crippen LogP contribution in [0.3, 0.4) is 0 Å². The van der Waals surface area contributed by atoms with Crippen molar-refractivity contribution in [3.63, 3.8) is 0 Å². The van der Waals surface area contributed by atoms with Crippen LogP contribution in [0.4, 0.5) is 0 Å². The number of aliphatic hydroxyl groups excluding tert-OH is 2. The van der Waals surface area contributed by atoms with Gasteiger partial charge in [-0.15, -0.1) is 0 Å². The molecular formula is C30H50O4. The molecule has 0 saturated heterocycles. The van der Waals surface area contributed by atoms with Gasteiger partial charge in [-0.05, 0) is 99.0 Å². The Morgan fingerprint density at radius 2 is 1.88 bits per heavy atom. The van der Waals surface area contributed by atoms with Crippen molar-refractivity contribution in [1.82, 2.24) is 0 Å². The van der Waals surface area contributed by atoms with Crippen LogP contribution in [0.1, 0.15) is 105 Å². The average Bonchev–Trinajstić information content (AvgIpc) is 3.09. The van der Waals surface area contributed by atoms with Gasteiger partial charge in [0.15, 0.2) is 0 Å². The number of ether oxygens (including phenoxy) is 1. The van der Waals surface area contributed by atoms with Gasteiger partial charge in [0.05, 0.1) is 23.9 Å². The second kappa shape index (κ2) is 11.0. The van der Waals surface area contributed by atoms with E-state index in [0.29, 0.717) is 25.4 Å². The predicted molar refractivity (Wildman–Crippen MR) is 140 cm³/mol. The van der Waals surface area contributed by atoms with Crippen LogP contribution in [0.15, 0.2) is 35.5 Å². The van der Waals surface area contributed by atoms with E-state index in [9.17, 15) is 15.3 Å². The van der Waals surface area contributed by atoms with Gasteiger partial charge in [0.25, 0.3) is 0 Å². The van der Waals surface area contributed by atoms with E-state index < -0.39 is 17.8 Å². The van der Waals surface area contributed by atoms with Crippen LogP contribution in [0, 0.1) is 16.7 Å². The van der Waals surface area contributed by atoms with E-state index in [1.807, 2.05) is 0 Å². The molecule has 3 aliphatic carbocycles. The van der Waals surface area contributed by atoms with Gasteiger partial charge in [-0.1, -0.05) is 52.0 Å². The molecule has 3 N–H and O–H groups in total. The van der Waals surface area contributed by atoms with Crippen LogP contribution in [0.5, 0.6) is 0 Å². The highest BCUT2D eigenvalue weighted by Gasteiger charge is 2.58. The second-order valence-electron chi connectivity index (χ2n) is 11.9. The lowest BCUT2D eigenvalue weighted by molar-refractivity contribution is -0.0508. The topological polar surface area (TPSA) is 69.9 Å². The van der Waals surface area contributed by atoms with Gasteiger partial charge in [0, 0.05) is 13.0 Å². The Morgan fingerprint density at radius 3 is 2.56 bits per heavy atom. The van der Waals surface area contributed by atoms with Gasteiger partial charge in [-0.3, -0.25) is 0 Å². The summed E-state index contributed by atoms with van der Waals surface area (Å²) in [5.41, 5.74) is 3.04. The summed E-state index contributed by atoms with van der Waals surface area (Å²) in [4.78, 5) is 0. The van der Waals surface area contributed by atoms with Crippen molar-refractivity contribution in [3.8, 4) is 0 Å². The van der Waals surface area contributed by atoms with Gasteiger partial charge in [0.2, 0.25) is 0 Å². The summed E-state index contributed by atoms with van der Waals surface area (Å²) in [6, 6.07) is 0. The van der Waals surface area contributed by atoms with E-state index in [1.165, 1.54) is 31.3 Å². The van der Waals surface area contributed by atoms with Gasteiger partial charge in [-0.2, -0.15) is 0 Å². The minimum Gasteiger partial charge on any atom is -0.393 e. The van der Waals surface area contributed by atoms with Gasteiger partial charge in [0.1, 0.15) is 0 Å². The first-order chi connectivity index (χ1) is 16.0. The molecular weight excluding hydrogens is 424 g/mol. The number of rotatable bonds is 9. The molecule has 3 rings (SSSR count). The molecule has 194 valence electrons. The second-order valence-corrected chi connectivity index (χ2v) is 11.9. The molecule has 0 aromatic carbocycles. The summed E-state index contributed by atoms with van der Waals surface area (Å²) >= 11 is 0. The molecule has 4 nitrogen and oxygen atoms in total. The Bertz CT molecular complexity index is 779. The summed E-state index contributed by atoms with van der Waals surface area (Å²) in [7, 11) is 0. The van der Waals surface area contributed by atoms with Gasteiger partial charge < -0.3 is 20.1 Å². The van der Waals surface area contributed by atoms with Crippen molar-refractivity contribution in [2.75, 3.05) is 6.61 Å². The molecule has 4 heteroatoms. The third kappa shape index (κ3) is 5.40. The summed E-state index contributed by atoms with van der Waals surface area (Å²) in [5, 5.41) is 30.9. The first-order valence-corrected chi connectivity index (χ1v) is 13.8. The first kappa shape index (κ1) is 27.6. The molecule has 3 fully saturated rings. The van der Waals surface area contributed by atoms with Crippen molar-refractivity contribution in [1.29, 1.82) is 0 Å². The molecule has 0 heterocycles. The first-order valence-electron chi connectivity index (χ1n) is 13.8. The van der Waals surface area contributed by atoms with Crippen LogP contribution in [0.2, 0.25) is 0 Å². The molecule has 0 aromatic heterocycles. The molecule has 0 aromatic rings. The van der Waals surface area contributed by atoms with E-state index in [4.69, 9.17) is 4.74 Å². The number of fused-ring (bicyclic) bond motifs is 1. The lowest BCUT2D eigenvalue weighted by atomic mass is 9.54. The minimum atomic E-state index is -0.639. The lowest BCUT2D eigenvalue weighted by Crippen LogP contribution is -2.44. The van der Waals surface area contributed by atoms with Crippen LogP contribution < -0.4 is 0 Å². The summed E-state index contributed by atoms with van der Waals surface area (Å²) in [6.07, 6.45) is 13.7. The van der Waals surface area contributed by atoms with Crippen LogP contribution in [-0.2, 0) is 4.74 Å². The Morgan fingerprint density at radius 1 is 1.18 bits per heavy atom. The van der Waals surface area contributed by atoms with E-state index in [1.54, 1.807) is 0 Å². The fourth-order valence-corrected chi connectivity index (χ4v) is 7.24. The van der Waals surface area contributed by atoms with Crippen molar-refractivity contribution < 1.29 is 20.1 Å². The molecule has 0 amide bonds. The molecule has 0 spiro atoms. The smallest absolute Gasteiger partial charge is 0.0811 e. The number of allylic oxidation sites excluding steroid dienone is 3. The Kier molecular flexibility index (Phi) is 8.93. The normalized spacial score (nSPS) is 37.9. The fourth-order valence-electron chi connectivity index (χ4n) is 7.24. The zero-order chi connectivity index (χ0) is 25.1. The van der Waals surface area contributed by atoms with E-state index in [2.05, 4.69) is 53.3 Å². The average molecular weight is 475 g/mol. The molecule has 0 aliphatic heterocycles. The van der Waals surface area contributed by atoms with Crippen molar-refractivity contribution in [3.05, 3.63) is 35.5 Å². The largest absolute Gasteiger partial charge is 0.393 e. The zero-order valence-electron chi connectivity index (χ0n) is 22.4. The minimum absolute atomic E-state index is 0.141. The maximum atomic E-state index is 10.6. The maximum absolute atomic E-state index is 10.6. The highest BCUT2D eigenvalue weighted by atomic mass is 16.5. The fraction of sp³-hybridized carbons (Fsp3) is 0.800. The quantitative estimate of drug-likeness (QED) is 0.345. The summed E-state index contributed by atoms with van der Waals surface area (Å²) in [5.74, 6) is 0.526. The van der Waals surface area contributed by atoms with Crippen LogP contribution in [-0.4, -0.2) is 45.8 Å². The van der Waals surface area contributed by atoms with Crippen molar-refractivity contribution in [2.45, 2.75) is 129 Å². The molecule has 0 bridgehead atoms. The Balaban J connectivity index is 1.69. The molecule has 1 unspecified atom stereocenters. The van der Waals surface area contributed by atoms with Crippen molar-refractivity contribution >= 4 is 0 Å². The predicted octanol–water partition coefficient (Wildman–Crippen LogP) is 6.25. The molecule has 0 radical (unpaired) electrons. The maximum Gasteiger partial charge on any atom is 0.0811 e. The van der Waals surface area contributed by atoms with E-state index in [-0.39, 0.29) is 16.9 Å². The molecule has 34 heavy (non-hydrogen) atoms. The zero-order valence-corrected chi connectivity index (χ0v) is 22.4. The van der Waals surface area contributed by atoms with Crippen LogP contribution in [0.25, 0.3) is 0 Å². The SMILES string of the molecule is C=C1/C(=C/C=C2/CCC[C@]3(C)C([C@@H](C)OCCCC(O)(CC)CC)CC[C@@]23C)C[C@@H](O)C[C@@H]1O. The van der Waals surface area contributed by atoms with E-state index >= 15 is 0 Å². The number of hydrogen-bond donors (Lipinski definition) is 3. The monoisotopic (exact) mass is 474 g/mol. The summed E-state index contributed by atoms with van der Waals surface area (Å²) < 4.78 is 6.39. The highest BCUT2D eigenvalue weighted by Crippen LogP contribution is 2.66. The number of hydrogen-bond acceptors (Lipinski definition) is 4. The summed E-state index contributed by atoms with van der Waals surface area (Å²) in [6.45, 7) is 16.1. The third-order valence-electron chi connectivity index (χ3n) is 10.2. The van der Waals surface area contributed by atoms with E-state index in [0.717, 1.165) is 43.3 Å². The van der Waals surface area contributed by atoms with Crippen molar-refractivity contribution in [2.24, 2.45) is 16.7 Å².